The van der Waals surface area contributed by atoms with Gasteiger partial charge in [0.2, 0.25) is 0 Å². The third-order valence-corrected chi connectivity index (χ3v) is 4.76. The van der Waals surface area contributed by atoms with Gasteiger partial charge in [-0.25, -0.2) is 4.98 Å². The van der Waals surface area contributed by atoms with Crippen molar-refractivity contribution in [3.05, 3.63) is 72.2 Å². The number of furan rings is 1. The molecule has 0 atom stereocenters. The standard InChI is InChI=1S/C20H16N2O4S/c1-24-14-7-9-16-18(11-14)27-20(21-16)22-19(23)17-10-8-15(26-17)12-25-13-5-3-2-4-6-13/h2-11H,12H2,1H3,(H,21,22,23). The van der Waals surface area contributed by atoms with Gasteiger partial charge in [0.25, 0.3) is 5.91 Å². The molecule has 1 N–H and O–H groups in total. The fourth-order valence-corrected chi connectivity index (χ4v) is 3.38. The molecule has 27 heavy (non-hydrogen) atoms. The number of nitrogens with one attached hydrogen (secondary N) is 1. The smallest absolute Gasteiger partial charge is 0.293 e. The van der Waals surface area contributed by atoms with E-state index in [1.165, 1.54) is 11.3 Å². The van der Waals surface area contributed by atoms with Crippen molar-refractivity contribution in [1.82, 2.24) is 4.98 Å². The van der Waals surface area contributed by atoms with Gasteiger partial charge in [0.05, 0.1) is 17.3 Å². The molecule has 0 aliphatic carbocycles. The van der Waals surface area contributed by atoms with Gasteiger partial charge in [-0.05, 0) is 42.5 Å². The van der Waals surface area contributed by atoms with Crippen LogP contribution in [0.1, 0.15) is 16.3 Å². The summed E-state index contributed by atoms with van der Waals surface area (Å²) in [6.07, 6.45) is 0. The van der Waals surface area contributed by atoms with Gasteiger partial charge < -0.3 is 13.9 Å². The van der Waals surface area contributed by atoms with E-state index in [2.05, 4.69) is 10.3 Å². The number of rotatable bonds is 6. The van der Waals surface area contributed by atoms with Gasteiger partial charge in [0, 0.05) is 0 Å². The van der Waals surface area contributed by atoms with E-state index >= 15 is 0 Å². The van der Waals surface area contributed by atoms with Crippen LogP contribution in [0.3, 0.4) is 0 Å². The number of amides is 1. The first-order valence-electron chi connectivity index (χ1n) is 8.24. The van der Waals surface area contributed by atoms with Crippen LogP contribution in [0, 0.1) is 0 Å². The maximum atomic E-state index is 12.4. The van der Waals surface area contributed by atoms with Crippen molar-refractivity contribution in [2.24, 2.45) is 0 Å². The number of fused-ring (bicyclic) bond motifs is 1. The molecule has 0 saturated carbocycles. The Bertz CT molecular complexity index is 1070. The van der Waals surface area contributed by atoms with Crippen LogP contribution in [-0.4, -0.2) is 18.0 Å². The summed E-state index contributed by atoms with van der Waals surface area (Å²) >= 11 is 1.37. The molecule has 2 heterocycles. The van der Waals surface area contributed by atoms with Crippen molar-refractivity contribution >= 4 is 32.6 Å². The van der Waals surface area contributed by atoms with Crippen molar-refractivity contribution in [1.29, 1.82) is 0 Å². The number of methoxy groups -OCH3 is 1. The summed E-state index contributed by atoms with van der Waals surface area (Å²) in [5.41, 5.74) is 0.799. The normalized spacial score (nSPS) is 10.7. The zero-order chi connectivity index (χ0) is 18.6. The van der Waals surface area contributed by atoms with Gasteiger partial charge in [-0.3, -0.25) is 10.1 Å². The maximum absolute atomic E-state index is 12.4. The summed E-state index contributed by atoms with van der Waals surface area (Å²) < 4.78 is 17.3. The highest BCUT2D eigenvalue weighted by atomic mass is 32.1. The molecule has 4 rings (SSSR count). The second-order valence-corrected chi connectivity index (χ2v) is 6.71. The highest BCUT2D eigenvalue weighted by molar-refractivity contribution is 7.22. The van der Waals surface area contributed by atoms with E-state index in [-0.39, 0.29) is 18.3 Å². The molecule has 0 spiro atoms. The quantitative estimate of drug-likeness (QED) is 0.523. The molecule has 2 aromatic carbocycles. The van der Waals surface area contributed by atoms with E-state index in [0.717, 1.165) is 21.7 Å². The van der Waals surface area contributed by atoms with Crippen LogP contribution >= 0.6 is 11.3 Å². The Kier molecular flexibility index (Phi) is 4.76. The monoisotopic (exact) mass is 380 g/mol. The molecule has 0 radical (unpaired) electrons. The van der Waals surface area contributed by atoms with Gasteiger partial charge in [-0.15, -0.1) is 0 Å². The van der Waals surface area contributed by atoms with Crippen LogP contribution in [-0.2, 0) is 6.61 Å². The van der Waals surface area contributed by atoms with Gasteiger partial charge >= 0.3 is 0 Å². The van der Waals surface area contributed by atoms with E-state index in [1.807, 2.05) is 48.5 Å². The molecular formula is C20H16N2O4S. The van der Waals surface area contributed by atoms with Gasteiger partial charge in [0.1, 0.15) is 23.9 Å². The maximum Gasteiger partial charge on any atom is 0.293 e. The number of nitrogens with zero attached hydrogens (tertiary/aromatic N) is 1. The number of carbonyl (C=O) groups excluding carboxylic acids is 1. The Morgan fingerprint density at radius 2 is 1.96 bits per heavy atom. The van der Waals surface area contributed by atoms with Crippen LogP contribution in [0.5, 0.6) is 11.5 Å². The predicted octanol–water partition coefficient (Wildman–Crippen LogP) is 4.73. The number of para-hydroxylation sites is 1. The Morgan fingerprint density at radius 1 is 1.11 bits per heavy atom. The van der Waals surface area contributed by atoms with Crippen LogP contribution < -0.4 is 14.8 Å². The first kappa shape index (κ1) is 17.1. The molecule has 0 fully saturated rings. The minimum atomic E-state index is -0.355. The molecular weight excluding hydrogens is 364 g/mol. The average Bonchev–Trinajstić information content (AvgIpc) is 3.33. The lowest BCUT2D eigenvalue weighted by molar-refractivity contribution is 0.0992. The highest BCUT2D eigenvalue weighted by Gasteiger charge is 2.14. The van der Waals surface area contributed by atoms with Crippen LogP contribution in [0.4, 0.5) is 5.13 Å². The number of thiazole rings is 1. The van der Waals surface area contributed by atoms with Crippen molar-refractivity contribution in [3.63, 3.8) is 0 Å². The van der Waals surface area contributed by atoms with Gasteiger partial charge in [0.15, 0.2) is 10.9 Å². The van der Waals surface area contributed by atoms with Crippen LogP contribution in [0.15, 0.2) is 65.1 Å². The number of benzene rings is 2. The summed E-state index contributed by atoms with van der Waals surface area (Å²) in [6.45, 7) is 0.248. The minimum Gasteiger partial charge on any atom is -0.497 e. The Hall–Kier alpha value is -3.32. The summed E-state index contributed by atoms with van der Waals surface area (Å²) in [7, 11) is 1.61. The Labute approximate surface area is 159 Å². The molecule has 2 aromatic heterocycles. The largest absolute Gasteiger partial charge is 0.497 e. The van der Waals surface area contributed by atoms with Crippen molar-refractivity contribution in [3.8, 4) is 11.5 Å². The first-order valence-corrected chi connectivity index (χ1v) is 9.05. The average molecular weight is 380 g/mol. The number of hydrogen-bond donors (Lipinski definition) is 1. The number of aromatic nitrogens is 1. The van der Waals surface area contributed by atoms with E-state index in [9.17, 15) is 4.79 Å². The van der Waals surface area contributed by atoms with Gasteiger partial charge in [-0.2, -0.15) is 0 Å². The molecule has 0 unspecified atom stereocenters. The molecule has 136 valence electrons. The zero-order valence-electron chi connectivity index (χ0n) is 14.5. The van der Waals surface area contributed by atoms with Crippen molar-refractivity contribution < 1.29 is 18.7 Å². The summed E-state index contributed by atoms with van der Waals surface area (Å²) in [5, 5.41) is 3.27. The summed E-state index contributed by atoms with van der Waals surface area (Å²) in [6, 6.07) is 18.3. The van der Waals surface area contributed by atoms with Gasteiger partial charge in [-0.1, -0.05) is 29.5 Å². The van der Waals surface area contributed by atoms with Crippen molar-refractivity contribution in [2.45, 2.75) is 6.61 Å². The van der Waals surface area contributed by atoms with Crippen molar-refractivity contribution in [2.75, 3.05) is 12.4 Å². The minimum absolute atomic E-state index is 0.207. The fourth-order valence-electron chi connectivity index (χ4n) is 2.49. The lowest BCUT2D eigenvalue weighted by Gasteiger charge is -2.03. The zero-order valence-corrected chi connectivity index (χ0v) is 15.3. The summed E-state index contributed by atoms with van der Waals surface area (Å²) in [5.74, 6) is 1.91. The lowest BCUT2D eigenvalue weighted by Crippen LogP contribution is -2.10. The fraction of sp³-hybridized carbons (Fsp3) is 0.100. The SMILES string of the molecule is COc1ccc2nc(NC(=O)c3ccc(COc4ccccc4)o3)sc2c1. The van der Waals surface area contributed by atoms with Crippen LogP contribution in [0.2, 0.25) is 0 Å². The van der Waals surface area contributed by atoms with E-state index < -0.39 is 0 Å². The first-order chi connectivity index (χ1) is 13.2. The molecule has 0 saturated heterocycles. The predicted molar refractivity (Wildman–Crippen MR) is 104 cm³/mol. The van der Waals surface area contributed by atoms with E-state index in [4.69, 9.17) is 13.9 Å². The molecule has 7 heteroatoms. The molecule has 0 bridgehead atoms. The Morgan fingerprint density at radius 3 is 2.78 bits per heavy atom. The molecule has 0 aliphatic rings. The third-order valence-electron chi connectivity index (χ3n) is 3.83. The molecule has 1 amide bonds. The van der Waals surface area contributed by atoms with E-state index in [1.54, 1.807) is 19.2 Å². The van der Waals surface area contributed by atoms with Crippen LogP contribution in [0.25, 0.3) is 10.2 Å². The number of ether oxygens (including phenoxy) is 2. The second-order valence-electron chi connectivity index (χ2n) is 5.67. The molecule has 6 nitrogen and oxygen atoms in total. The molecule has 0 aliphatic heterocycles. The number of anilines is 1. The lowest BCUT2D eigenvalue weighted by atomic mass is 10.3. The topological polar surface area (TPSA) is 73.6 Å². The second kappa shape index (κ2) is 7.51. The van der Waals surface area contributed by atoms with E-state index in [0.29, 0.717) is 10.9 Å². The third kappa shape index (κ3) is 3.93. The Balaban J connectivity index is 1.42. The molecule has 4 aromatic rings. The summed E-state index contributed by atoms with van der Waals surface area (Å²) in [4.78, 5) is 16.8. The number of carbonyl (C=O) groups is 1. The number of hydrogen-bond acceptors (Lipinski definition) is 6. The highest BCUT2D eigenvalue weighted by Crippen LogP contribution is 2.29.